The Hall–Kier alpha value is -3.38. The number of amides is 2. The minimum absolute atomic E-state index is 0.0727. The average Bonchev–Trinajstić information content (AvgIpc) is 2.77. The summed E-state index contributed by atoms with van der Waals surface area (Å²) < 4.78 is 0. The second kappa shape index (κ2) is 8.75. The van der Waals surface area contributed by atoms with Crippen LogP contribution in [0.4, 0.5) is 5.69 Å². The Bertz CT molecular complexity index is 1010. The fraction of sp³-hybridized carbons (Fsp3) is 0.0870. The molecule has 0 aliphatic carbocycles. The lowest BCUT2D eigenvalue weighted by Gasteiger charge is -2.28. The topological polar surface area (TPSA) is 61.8 Å². The highest BCUT2D eigenvalue weighted by atomic mass is 32.2. The second-order valence-corrected chi connectivity index (χ2v) is 7.48. The van der Waals surface area contributed by atoms with Crippen molar-refractivity contribution in [2.24, 2.45) is 5.10 Å². The number of anilines is 1. The molecule has 0 spiro atoms. The van der Waals surface area contributed by atoms with Gasteiger partial charge >= 0.3 is 0 Å². The first-order valence-corrected chi connectivity index (χ1v) is 10.2. The summed E-state index contributed by atoms with van der Waals surface area (Å²) in [6, 6.07) is 27.0. The summed E-state index contributed by atoms with van der Waals surface area (Å²) in [5, 5.41) is 4.38. The average molecular weight is 401 g/mol. The first-order chi connectivity index (χ1) is 14.2. The van der Waals surface area contributed by atoms with Gasteiger partial charge < -0.3 is 4.90 Å². The number of hydrazone groups is 1. The smallest absolute Gasteiger partial charge is 0.260 e. The van der Waals surface area contributed by atoms with Crippen LogP contribution >= 0.6 is 11.8 Å². The van der Waals surface area contributed by atoms with Crippen LogP contribution in [0.1, 0.15) is 11.1 Å². The summed E-state index contributed by atoms with van der Waals surface area (Å²) >= 11 is 1.49. The highest BCUT2D eigenvalue weighted by Crippen LogP contribution is 2.34. The Labute approximate surface area is 173 Å². The number of nitrogens with zero attached hydrogens (tertiary/aromatic N) is 2. The monoisotopic (exact) mass is 401 g/mol. The van der Waals surface area contributed by atoms with Crippen molar-refractivity contribution < 1.29 is 9.59 Å². The Morgan fingerprint density at radius 2 is 1.48 bits per heavy atom. The largest absolute Gasteiger partial charge is 0.301 e. The van der Waals surface area contributed by atoms with Gasteiger partial charge in [0, 0.05) is 16.0 Å². The molecule has 0 saturated carbocycles. The van der Waals surface area contributed by atoms with Crippen LogP contribution < -0.4 is 10.3 Å². The molecular formula is C23H19N3O2S. The van der Waals surface area contributed by atoms with Crippen molar-refractivity contribution in [3.8, 4) is 0 Å². The third-order valence-electron chi connectivity index (χ3n) is 4.50. The quantitative estimate of drug-likeness (QED) is 0.524. The number of nitrogens with one attached hydrogen (secondary N) is 1. The number of thioether (sulfide) groups is 1. The molecule has 144 valence electrons. The van der Waals surface area contributed by atoms with Gasteiger partial charge in [0.15, 0.2) is 0 Å². The van der Waals surface area contributed by atoms with Gasteiger partial charge in [-0.3, -0.25) is 9.59 Å². The maximum absolute atomic E-state index is 12.6. The Kier molecular flexibility index (Phi) is 5.72. The SMILES string of the molecule is O=C(CN1C(=O)CSc2ccccc21)NN=C(c1ccccc1)c1ccccc1. The molecule has 0 unspecified atom stereocenters. The van der Waals surface area contributed by atoms with E-state index in [0.29, 0.717) is 11.5 Å². The zero-order valence-corrected chi connectivity index (χ0v) is 16.4. The first kappa shape index (κ1) is 19.0. The van der Waals surface area contributed by atoms with Crippen molar-refractivity contribution in [2.45, 2.75) is 4.90 Å². The lowest BCUT2D eigenvalue weighted by molar-refractivity contribution is -0.122. The third-order valence-corrected chi connectivity index (χ3v) is 5.54. The first-order valence-electron chi connectivity index (χ1n) is 9.22. The minimum atomic E-state index is -0.343. The van der Waals surface area contributed by atoms with Crippen LogP contribution in [0.2, 0.25) is 0 Å². The molecule has 0 radical (unpaired) electrons. The summed E-state index contributed by atoms with van der Waals surface area (Å²) in [4.78, 5) is 27.5. The van der Waals surface area contributed by atoms with Gasteiger partial charge in [-0.25, -0.2) is 5.43 Å². The van der Waals surface area contributed by atoms with Crippen molar-refractivity contribution >= 4 is 35.0 Å². The summed E-state index contributed by atoms with van der Waals surface area (Å²) in [6.07, 6.45) is 0. The van der Waals surface area contributed by atoms with Crippen LogP contribution in [0.25, 0.3) is 0 Å². The molecule has 0 atom stereocenters. The number of hydrogen-bond donors (Lipinski definition) is 1. The normalized spacial score (nSPS) is 12.8. The van der Waals surface area contributed by atoms with E-state index in [4.69, 9.17) is 0 Å². The maximum atomic E-state index is 12.6. The van der Waals surface area contributed by atoms with E-state index in [1.165, 1.54) is 16.7 Å². The van der Waals surface area contributed by atoms with Crippen LogP contribution in [0.15, 0.2) is 94.9 Å². The van der Waals surface area contributed by atoms with E-state index in [2.05, 4.69) is 10.5 Å². The van der Waals surface area contributed by atoms with Gasteiger partial charge in [-0.05, 0) is 12.1 Å². The number of benzene rings is 3. The summed E-state index contributed by atoms with van der Waals surface area (Å²) in [5.74, 6) is -0.101. The van der Waals surface area contributed by atoms with Crippen LogP contribution in [0.3, 0.4) is 0 Å². The summed E-state index contributed by atoms with van der Waals surface area (Å²) in [7, 11) is 0. The highest BCUT2D eigenvalue weighted by molar-refractivity contribution is 8.00. The number of para-hydroxylation sites is 1. The second-order valence-electron chi connectivity index (χ2n) is 6.46. The van der Waals surface area contributed by atoms with E-state index in [1.54, 1.807) is 0 Å². The molecule has 0 saturated heterocycles. The van der Waals surface area contributed by atoms with Gasteiger partial charge in [-0.1, -0.05) is 72.8 Å². The number of carbonyl (C=O) groups excluding carboxylic acids is 2. The van der Waals surface area contributed by atoms with E-state index >= 15 is 0 Å². The molecule has 1 aliphatic heterocycles. The summed E-state index contributed by atoms with van der Waals surface area (Å²) in [6.45, 7) is -0.0727. The van der Waals surface area contributed by atoms with Crippen LogP contribution in [0, 0.1) is 0 Å². The molecule has 4 rings (SSSR count). The molecule has 0 aromatic heterocycles. The fourth-order valence-electron chi connectivity index (χ4n) is 3.11. The minimum Gasteiger partial charge on any atom is -0.301 e. The molecule has 0 bridgehead atoms. The zero-order valence-electron chi connectivity index (χ0n) is 15.6. The van der Waals surface area contributed by atoms with Crippen LogP contribution in [0.5, 0.6) is 0 Å². The Morgan fingerprint density at radius 1 is 0.897 bits per heavy atom. The number of hydrogen-bond acceptors (Lipinski definition) is 4. The predicted molar refractivity (Wildman–Crippen MR) is 116 cm³/mol. The Morgan fingerprint density at radius 3 is 2.14 bits per heavy atom. The van der Waals surface area contributed by atoms with Crippen molar-refractivity contribution in [1.82, 2.24) is 5.43 Å². The van der Waals surface area contributed by atoms with Crippen molar-refractivity contribution in [1.29, 1.82) is 0 Å². The van der Waals surface area contributed by atoms with Gasteiger partial charge in [0.1, 0.15) is 6.54 Å². The molecule has 1 aliphatic rings. The maximum Gasteiger partial charge on any atom is 0.260 e. The van der Waals surface area contributed by atoms with Gasteiger partial charge in [-0.2, -0.15) is 5.10 Å². The molecule has 6 heteroatoms. The van der Waals surface area contributed by atoms with E-state index in [1.807, 2.05) is 84.9 Å². The van der Waals surface area contributed by atoms with Gasteiger partial charge in [0.2, 0.25) is 5.91 Å². The van der Waals surface area contributed by atoms with E-state index < -0.39 is 0 Å². The molecule has 29 heavy (non-hydrogen) atoms. The number of rotatable bonds is 5. The van der Waals surface area contributed by atoms with Gasteiger partial charge in [0.25, 0.3) is 5.91 Å². The van der Waals surface area contributed by atoms with Gasteiger partial charge in [-0.15, -0.1) is 11.8 Å². The molecule has 0 fully saturated rings. The fourth-order valence-corrected chi connectivity index (χ4v) is 4.05. The molecule has 3 aromatic rings. The lowest BCUT2D eigenvalue weighted by atomic mass is 10.0. The van der Waals surface area contributed by atoms with Gasteiger partial charge in [0.05, 0.1) is 17.2 Å². The molecule has 5 nitrogen and oxygen atoms in total. The predicted octanol–water partition coefficient (Wildman–Crippen LogP) is 3.69. The standard InChI is InChI=1S/C23H19N3O2S/c27-21(15-26-19-13-7-8-14-20(19)29-16-22(26)28)24-25-23(17-9-3-1-4-10-17)18-11-5-2-6-12-18/h1-14H,15-16H2,(H,24,27). The molecule has 1 N–H and O–H groups in total. The third kappa shape index (κ3) is 4.38. The molecule has 2 amide bonds. The van der Waals surface area contributed by atoms with E-state index in [-0.39, 0.29) is 18.4 Å². The number of carbonyl (C=O) groups is 2. The van der Waals surface area contributed by atoms with Crippen LogP contribution in [-0.2, 0) is 9.59 Å². The summed E-state index contributed by atoms with van der Waals surface area (Å²) in [5.41, 5.74) is 5.85. The molecule has 3 aromatic carbocycles. The van der Waals surface area contributed by atoms with Crippen molar-refractivity contribution in [3.05, 3.63) is 96.1 Å². The van der Waals surface area contributed by atoms with E-state index in [0.717, 1.165) is 21.7 Å². The number of fused-ring (bicyclic) bond motifs is 1. The Balaban J connectivity index is 1.55. The van der Waals surface area contributed by atoms with Crippen molar-refractivity contribution in [2.75, 3.05) is 17.2 Å². The van der Waals surface area contributed by atoms with Crippen LogP contribution in [-0.4, -0.2) is 29.8 Å². The zero-order chi connectivity index (χ0) is 20.1. The molecular weight excluding hydrogens is 382 g/mol. The molecule has 1 heterocycles. The highest BCUT2D eigenvalue weighted by Gasteiger charge is 2.26. The lowest BCUT2D eigenvalue weighted by Crippen LogP contribution is -2.42. The van der Waals surface area contributed by atoms with Crippen molar-refractivity contribution in [3.63, 3.8) is 0 Å². The van der Waals surface area contributed by atoms with E-state index in [9.17, 15) is 9.59 Å².